The highest BCUT2D eigenvalue weighted by Crippen LogP contribution is 2.38. The molecule has 1 N–H and O–H groups in total. The van der Waals surface area contributed by atoms with Crippen LogP contribution < -0.4 is 4.74 Å². The number of halogens is 1. The first-order valence-corrected chi connectivity index (χ1v) is 7.04. The Morgan fingerprint density at radius 1 is 1.14 bits per heavy atom. The lowest BCUT2D eigenvalue weighted by atomic mass is 10.1. The molecular formula is C16H15ClO4. The van der Waals surface area contributed by atoms with Crippen LogP contribution in [0.1, 0.15) is 17.4 Å². The zero-order valence-corrected chi connectivity index (χ0v) is 12.0. The number of phenolic OH excluding ortho intramolecular Hbond substituents is 1. The lowest BCUT2D eigenvalue weighted by Gasteiger charge is -2.16. The summed E-state index contributed by atoms with van der Waals surface area (Å²) in [5, 5.41) is 10.0. The van der Waals surface area contributed by atoms with E-state index in [1.807, 2.05) is 30.3 Å². The Bertz CT molecular complexity index is 609. The highest BCUT2D eigenvalue weighted by molar-refractivity contribution is 6.32. The molecule has 0 unspecified atom stereocenters. The zero-order chi connectivity index (χ0) is 14.7. The smallest absolute Gasteiger partial charge is 0.187 e. The van der Waals surface area contributed by atoms with Gasteiger partial charge < -0.3 is 19.3 Å². The van der Waals surface area contributed by atoms with Crippen molar-refractivity contribution in [3.8, 4) is 11.5 Å². The van der Waals surface area contributed by atoms with Crippen LogP contribution in [0, 0.1) is 0 Å². The summed E-state index contributed by atoms with van der Waals surface area (Å²) in [6.45, 7) is 1.45. The van der Waals surface area contributed by atoms with Gasteiger partial charge in [0.15, 0.2) is 6.29 Å². The fraction of sp³-hybridized carbons (Fsp3) is 0.250. The number of hydrogen-bond donors (Lipinski definition) is 1. The number of aromatic hydroxyl groups is 1. The maximum Gasteiger partial charge on any atom is 0.187 e. The molecule has 1 fully saturated rings. The molecule has 0 saturated carbocycles. The molecule has 0 aliphatic carbocycles. The summed E-state index contributed by atoms with van der Waals surface area (Å²) in [5.41, 5.74) is 1.72. The Labute approximate surface area is 127 Å². The van der Waals surface area contributed by atoms with Crippen molar-refractivity contribution in [1.82, 2.24) is 0 Å². The Morgan fingerprint density at radius 3 is 2.57 bits per heavy atom. The third kappa shape index (κ3) is 3.29. The van der Waals surface area contributed by atoms with E-state index in [1.165, 1.54) is 6.07 Å². The highest BCUT2D eigenvalue weighted by Gasteiger charge is 2.24. The van der Waals surface area contributed by atoms with Gasteiger partial charge in [0, 0.05) is 6.07 Å². The van der Waals surface area contributed by atoms with Gasteiger partial charge in [-0.05, 0) is 11.6 Å². The van der Waals surface area contributed by atoms with E-state index in [2.05, 4.69) is 0 Å². The Hall–Kier alpha value is -1.75. The summed E-state index contributed by atoms with van der Waals surface area (Å²) < 4.78 is 16.8. The molecule has 1 saturated heterocycles. The largest absolute Gasteiger partial charge is 0.506 e. The number of phenols is 1. The first-order chi connectivity index (χ1) is 10.2. The number of rotatable bonds is 4. The zero-order valence-electron chi connectivity index (χ0n) is 11.3. The van der Waals surface area contributed by atoms with Crippen molar-refractivity contribution in [3.05, 3.63) is 58.6 Å². The first-order valence-electron chi connectivity index (χ1n) is 6.66. The predicted octanol–water partition coefficient (Wildman–Crippen LogP) is 3.67. The molecule has 0 bridgehead atoms. The Balaban J connectivity index is 1.83. The molecule has 0 radical (unpaired) electrons. The van der Waals surface area contributed by atoms with Crippen molar-refractivity contribution in [3.63, 3.8) is 0 Å². The minimum absolute atomic E-state index is 0.0264. The molecule has 2 aromatic carbocycles. The monoisotopic (exact) mass is 306 g/mol. The van der Waals surface area contributed by atoms with Crippen LogP contribution in [0.4, 0.5) is 0 Å². The molecule has 5 heteroatoms. The molecule has 0 atom stereocenters. The van der Waals surface area contributed by atoms with Gasteiger partial charge in [0.05, 0.1) is 23.8 Å². The van der Waals surface area contributed by atoms with Gasteiger partial charge >= 0.3 is 0 Å². The van der Waals surface area contributed by atoms with Crippen molar-refractivity contribution >= 4 is 11.6 Å². The minimum Gasteiger partial charge on any atom is -0.506 e. The van der Waals surface area contributed by atoms with Gasteiger partial charge in [-0.15, -0.1) is 0 Å². The van der Waals surface area contributed by atoms with E-state index in [4.69, 9.17) is 25.8 Å². The van der Waals surface area contributed by atoms with Gasteiger partial charge in [-0.2, -0.15) is 0 Å². The van der Waals surface area contributed by atoms with Crippen LogP contribution >= 0.6 is 11.6 Å². The van der Waals surface area contributed by atoms with Crippen molar-refractivity contribution in [2.75, 3.05) is 13.2 Å². The molecule has 0 spiro atoms. The molecular weight excluding hydrogens is 292 g/mol. The lowest BCUT2D eigenvalue weighted by molar-refractivity contribution is -0.0458. The van der Waals surface area contributed by atoms with E-state index in [-0.39, 0.29) is 10.8 Å². The topological polar surface area (TPSA) is 47.9 Å². The van der Waals surface area contributed by atoms with Crippen LogP contribution in [0.2, 0.25) is 5.02 Å². The molecule has 1 heterocycles. The molecule has 4 nitrogen and oxygen atoms in total. The van der Waals surface area contributed by atoms with E-state index < -0.39 is 6.29 Å². The van der Waals surface area contributed by atoms with Crippen LogP contribution in [0.15, 0.2) is 42.5 Å². The van der Waals surface area contributed by atoms with Crippen LogP contribution in [0.3, 0.4) is 0 Å². The van der Waals surface area contributed by atoms with Crippen molar-refractivity contribution < 1.29 is 19.3 Å². The van der Waals surface area contributed by atoms with Gasteiger partial charge in [0.2, 0.25) is 0 Å². The van der Waals surface area contributed by atoms with Crippen LogP contribution in [-0.2, 0) is 16.1 Å². The number of hydrogen-bond acceptors (Lipinski definition) is 4. The van der Waals surface area contributed by atoms with Crippen LogP contribution in [0.5, 0.6) is 11.5 Å². The fourth-order valence-corrected chi connectivity index (χ4v) is 2.31. The van der Waals surface area contributed by atoms with Gasteiger partial charge in [-0.3, -0.25) is 0 Å². The third-order valence-electron chi connectivity index (χ3n) is 3.19. The molecule has 0 amide bonds. The predicted molar refractivity (Wildman–Crippen MR) is 78.5 cm³/mol. The molecule has 110 valence electrons. The van der Waals surface area contributed by atoms with Crippen LogP contribution in [-0.4, -0.2) is 18.3 Å². The molecule has 1 aliphatic rings. The van der Waals surface area contributed by atoms with Crippen molar-refractivity contribution in [1.29, 1.82) is 0 Å². The van der Waals surface area contributed by atoms with Gasteiger partial charge in [-0.25, -0.2) is 0 Å². The molecule has 21 heavy (non-hydrogen) atoms. The summed E-state index contributed by atoms with van der Waals surface area (Å²) in [7, 11) is 0. The second-order valence-corrected chi connectivity index (χ2v) is 5.10. The number of ether oxygens (including phenoxy) is 3. The van der Waals surface area contributed by atoms with E-state index in [1.54, 1.807) is 6.07 Å². The lowest BCUT2D eigenvalue weighted by Crippen LogP contribution is -2.04. The normalized spacial score (nSPS) is 15.3. The van der Waals surface area contributed by atoms with Gasteiger partial charge in [0.25, 0.3) is 0 Å². The summed E-state index contributed by atoms with van der Waals surface area (Å²) in [6, 6.07) is 12.9. The summed E-state index contributed by atoms with van der Waals surface area (Å²) in [5.74, 6) is 0.481. The van der Waals surface area contributed by atoms with E-state index in [0.29, 0.717) is 31.1 Å². The molecule has 1 aliphatic heterocycles. The van der Waals surface area contributed by atoms with Gasteiger partial charge in [0.1, 0.15) is 18.1 Å². The maximum atomic E-state index is 9.77. The average molecular weight is 307 g/mol. The van der Waals surface area contributed by atoms with Crippen molar-refractivity contribution in [2.24, 2.45) is 0 Å². The highest BCUT2D eigenvalue weighted by atomic mass is 35.5. The summed E-state index contributed by atoms with van der Waals surface area (Å²) >= 11 is 5.96. The second-order valence-electron chi connectivity index (χ2n) is 4.69. The second kappa shape index (κ2) is 6.35. The Kier molecular flexibility index (Phi) is 4.29. The average Bonchev–Trinajstić information content (AvgIpc) is 3.03. The molecule has 3 rings (SSSR count). The third-order valence-corrected chi connectivity index (χ3v) is 3.49. The fourth-order valence-electron chi connectivity index (χ4n) is 2.14. The Morgan fingerprint density at radius 2 is 1.86 bits per heavy atom. The maximum absolute atomic E-state index is 9.77. The first kappa shape index (κ1) is 14.2. The standard InChI is InChI=1S/C16H15ClO4/c17-13-8-12(16-19-6-7-20-16)15(9-14(13)18)21-10-11-4-2-1-3-5-11/h1-5,8-9,16,18H,6-7,10H2. The quantitative estimate of drug-likeness (QED) is 0.936. The van der Waals surface area contributed by atoms with E-state index in [0.717, 1.165) is 5.56 Å². The molecule has 2 aromatic rings. The van der Waals surface area contributed by atoms with Crippen LogP contribution in [0.25, 0.3) is 0 Å². The SMILES string of the molecule is Oc1cc(OCc2ccccc2)c(C2OCCO2)cc1Cl. The summed E-state index contributed by atoms with van der Waals surface area (Å²) in [6.07, 6.45) is -0.506. The van der Waals surface area contributed by atoms with E-state index in [9.17, 15) is 5.11 Å². The summed E-state index contributed by atoms with van der Waals surface area (Å²) in [4.78, 5) is 0. The van der Waals surface area contributed by atoms with E-state index >= 15 is 0 Å². The minimum atomic E-state index is -0.506. The number of benzene rings is 2. The molecule has 0 aromatic heterocycles. The van der Waals surface area contributed by atoms with Gasteiger partial charge in [-0.1, -0.05) is 41.9 Å². The van der Waals surface area contributed by atoms with Crippen molar-refractivity contribution in [2.45, 2.75) is 12.9 Å².